The Bertz CT molecular complexity index is 587. The SMILES string of the molecule is Cc1cc(OC(C)C)ccc1NCc1cncn1C(C)C. The van der Waals surface area contributed by atoms with Crippen LogP contribution in [0.3, 0.4) is 0 Å². The van der Waals surface area contributed by atoms with Crippen molar-refractivity contribution in [2.24, 2.45) is 0 Å². The molecular weight excluding hydrogens is 262 g/mol. The maximum absolute atomic E-state index is 5.71. The van der Waals surface area contributed by atoms with Crippen LogP contribution in [0.1, 0.15) is 45.0 Å². The molecule has 0 aliphatic carbocycles. The molecule has 1 heterocycles. The monoisotopic (exact) mass is 287 g/mol. The summed E-state index contributed by atoms with van der Waals surface area (Å²) in [6.45, 7) is 11.3. The van der Waals surface area contributed by atoms with Gasteiger partial charge >= 0.3 is 0 Å². The predicted octanol–water partition coefficient (Wildman–Crippen LogP) is 4.17. The van der Waals surface area contributed by atoms with Gasteiger partial charge in [-0.1, -0.05) is 0 Å². The van der Waals surface area contributed by atoms with E-state index >= 15 is 0 Å². The Kier molecular flexibility index (Phi) is 4.89. The molecule has 1 aromatic carbocycles. The third kappa shape index (κ3) is 4.00. The minimum atomic E-state index is 0.198. The fourth-order valence-electron chi connectivity index (χ4n) is 2.30. The summed E-state index contributed by atoms with van der Waals surface area (Å²) in [5.74, 6) is 0.917. The van der Waals surface area contributed by atoms with Crippen LogP contribution in [-0.4, -0.2) is 15.7 Å². The molecule has 0 fully saturated rings. The van der Waals surface area contributed by atoms with E-state index < -0.39 is 0 Å². The maximum atomic E-state index is 5.71. The fraction of sp³-hybridized carbons (Fsp3) is 0.471. The molecule has 0 amide bonds. The molecule has 114 valence electrons. The molecular formula is C17H25N3O. The molecule has 0 bridgehead atoms. The lowest BCUT2D eigenvalue weighted by molar-refractivity contribution is 0.242. The summed E-state index contributed by atoms with van der Waals surface area (Å²) < 4.78 is 7.89. The van der Waals surface area contributed by atoms with Crippen LogP contribution < -0.4 is 10.1 Å². The van der Waals surface area contributed by atoms with Crippen molar-refractivity contribution < 1.29 is 4.74 Å². The Balaban J connectivity index is 2.05. The van der Waals surface area contributed by atoms with Gasteiger partial charge in [0.25, 0.3) is 0 Å². The van der Waals surface area contributed by atoms with E-state index in [0.29, 0.717) is 6.04 Å². The average molecular weight is 287 g/mol. The molecule has 0 atom stereocenters. The molecule has 4 nitrogen and oxygen atoms in total. The third-order valence-corrected chi connectivity index (χ3v) is 3.33. The van der Waals surface area contributed by atoms with E-state index in [1.807, 2.05) is 32.4 Å². The lowest BCUT2D eigenvalue weighted by Gasteiger charge is -2.15. The standard InChI is InChI=1S/C17H25N3O/c1-12(2)20-11-18-9-15(20)10-19-17-7-6-16(8-14(17)5)21-13(3)4/h6-9,11-13,19H,10H2,1-5H3. The molecule has 0 aliphatic rings. The van der Waals surface area contributed by atoms with Gasteiger partial charge in [-0.2, -0.15) is 0 Å². The maximum Gasteiger partial charge on any atom is 0.120 e. The third-order valence-electron chi connectivity index (χ3n) is 3.33. The first-order valence-electron chi connectivity index (χ1n) is 7.49. The molecule has 0 unspecified atom stereocenters. The molecule has 0 saturated carbocycles. The highest BCUT2D eigenvalue weighted by atomic mass is 16.5. The van der Waals surface area contributed by atoms with Crippen LogP contribution in [0.25, 0.3) is 0 Å². The minimum Gasteiger partial charge on any atom is -0.491 e. The van der Waals surface area contributed by atoms with Gasteiger partial charge in [0.15, 0.2) is 0 Å². The van der Waals surface area contributed by atoms with Gasteiger partial charge in [-0.3, -0.25) is 0 Å². The van der Waals surface area contributed by atoms with Crippen molar-refractivity contribution in [3.05, 3.63) is 42.0 Å². The number of aryl methyl sites for hydroxylation is 1. The van der Waals surface area contributed by atoms with E-state index in [4.69, 9.17) is 4.74 Å². The molecule has 4 heteroatoms. The van der Waals surface area contributed by atoms with E-state index in [9.17, 15) is 0 Å². The Morgan fingerprint density at radius 1 is 1.24 bits per heavy atom. The van der Waals surface area contributed by atoms with Crippen LogP contribution in [0.15, 0.2) is 30.7 Å². The van der Waals surface area contributed by atoms with Gasteiger partial charge in [0, 0.05) is 17.9 Å². The Morgan fingerprint density at radius 3 is 2.62 bits per heavy atom. The molecule has 0 aliphatic heterocycles. The topological polar surface area (TPSA) is 39.1 Å². The summed E-state index contributed by atoms with van der Waals surface area (Å²) in [6, 6.07) is 6.58. The number of aromatic nitrogens is 2. The van der Waals surface area contributed by atoms with Crippen molar-refractivity contribution in [1.29, 1.82) is 0 Å². The van der Waals surface area contributed by atoms with E-state index in [1.165, 1.54) is 11.3 Å². The summed E-state index contributed by atoms with van der Waals surface area (Å²) >= 11 is 0. The second-order valence-corrected chi connectivity index (χ2v) is 5.88. The normalized spacial score (nSPS) is 11.2. The van der Waals surface area contributed by atoms with Crippen LogP contribution in [0.2, 0.25) is 0 Å². The molecule has 0 spiro atoms. The number of benzene rings is 1. The second kappa shape index (κ2) is 6.66. The van der Waals surface area contributed by atoms with Gasteiger partial charge in [-0.25, -0.2) is 4.98 Å². The van der Waals surface area contributed by atoms with Crippen molar-refractivity contribution in [2.75, 3.05) is 5.32 Å². The molecule has 0 radical (unpaired) electrons. The van der Waals surface area contributed by atoms with Gasteiger partial charge in [0.1, 0.15) is 5.75 Å². The molecule has 21 heavy (non-hydrogen) atoms. The zero-order valence-electron chi connectivity index (χ0n) is 13.6. The van der Waals surface area contributed by atoms with E-state index in [-0.39, 0.29) is 6.10 Å². The Hall–Kier alpha value is -1.97. The van der Waals surface area contributed by atoms with Crippen LogP contribution >= 0.6 is 0 Å². The minimum absolute atomic E-state index is 0.198. The molecule has 2 aromatic rings. The number of rotatable bonds is 6. The van der Waals surface area contributed by atoms with Gasteiger partial charge < -0.3 is 14.6 Å². The van der Waals surface area contributed by atoms with Crippen LogP contribution in [0.4, 0.5) is 5.69 Å². The fourth-order valence-corrected chi connectivity index (χ4v) is 2.30. The molecule has 1 N–H and O–H groups in total. The summed E-state index contributed by atoms with van der Waals surface area (Å²) in [5.41, 5.74) is 3.50. The quantitative estimate of drug-likeness (QED) is 0.866. The van der Waals surface area contributed by atoms with Crippen molar-refractivity contribution in [3.8, 4) is 5.75 Å². The average Bonchev–Trinajstić information content (AvgIpc) is 2.85. The van der Waals surface area contributed by atoms with Crippen molar-refractivity contribution in [2.45, 2.75) is 53.3 Å². The highest BCUT2D eigenvalue weighted by Gasteiger charge is 2.07. The second-order valence-electron chi connectivity index (χ2n) is 5.88. The number of imidazole rings is 1. The zero-order chi connectivity index (χ0) is 15.4. The first-order valence-corrected chi connectivity index (χ1v) is 7.49. The zero-order valence-corrected chi connectivity index (χ0v) is 13.6. The smallest absolute Gasteiger partial charge is 0.120 e. The molecule has 2 rings (SSSR count). The Labute approximate surface area is 127 Å². The van der Waals surface area contributed by atoms with Crippen LogP contribution in [-0.2, 0) is 6.54 Å². The number of nitrogens with one attached hydrogen (secondary N) is 1. The van der Waals surface area contributed by atoms with E-state index in [1.54, 1.807) is 0 Å². The summed E-state index contributed by atoms with van der Waals surface area (Å²) in [6.07, 6.45) is 4.00. The predicted molar refractivity (Wildman–Crippen MR) is 86.9 cm³/mol. The number of hydrogen-bond acceptors (Lipinski definition) is 3. The highest BCUT2D eigenvalue weighted by molar-refractivity contribution is 5.53. The Morgan fingerprint density at radius 2 is 2.00 bits per heavy atom. The number of hydrogen-bond donors (Lipinski definition) is 1. The lowest BCUT2D eigenvalue weighted by atomic mass is 10.2. The summed E-state index contributed by atoms with van der Waals surface area (Å²) in [4.78, 5) is 4.23. The highest BCUT2D eigenvalue weighted by Crippen LogP contribution is 2.23. The summed E-state index contributed by atoms with van der Waals surface area (Å²) in [5, 5.41) is 3.47. The molecule has 0 saturated heterocycles. The largest absolute Gasteiger partial charge is 0.491 e. The van der Waals surface area contributed by atoms with Gasteiger partial charge in [0.2, 0.25) is 0 Å². The summed E-state index contributed by atoms with van der Waals surface area (Å²) in [7, 11) is 0. The number of nitrogens with zero attached hydrogens (tertiary/aromatic N) is 2. The van der Waals surface area contributed by atoms with Crippen LogP contribution in [0, 0.1) is 6.92 Å². The first-order chi connectivity index (χ1) is 9.97. The van der Waals surface area contributed by atoms with Gasteiger partial charge in [-0.05, 0) is 58.4 Å². The van der Waals surface area contributed by atoms with E-state index in [2.05, 4.69) is 47.8 Å². The van der Waals surface area contributed by atoms with Crippen molar-refractivity contribution in [3.63, 3.8) is 0 Å². The first kappa shape index (κ1) is 15.4. The molecule has 1 aromatic heterocycles. The van der Waals surface area contributed by atoms with Gasteiger partial charge in [0.05, 0.1) is 24.7 Å². The number of anilines is 1. The van der Waals surface area contributed by atoms with Crippen molar-refractivity contribution >= 4 is 5.69 Å². The lowest BCUT2D eigenvalue weighted by Crippen LogP contribution is -2.10. The van der Waals surface area contributed by atoms with E-state index in [0.717, 1.165) is 18.0 Å². The van der Waals surface area contributed by atoms with Gasteiger partial charge in [-0.15, -0.1) is 0 Å². The van der Waals surface area contributed by atoms with Crippen molar-refractivity contribution in [1.82, 2.24) is 9.55 Å². The number of ether oxygens (including phenoxy) is 1. The van der Waals surface area contributed by atoms with Crippen LogP contribution in [0.5, 0.6) is 5.75 Å².